The molecule has 1 aliphatic rings. The number of anilines is 1. The van der Waals surface area contributed by atoms with Crippen LogP contribution in [0, 0.1) is 11.3 Å². The molecule has 1 saturated carbocycles. The highest BCUT2D eigenvalue weighted by molar-refractivity contribution is 5.99. The molecule has 0 aliphatic heterocycles. The molecule has 0 radical (unpaired) electrons. The lowest BCUT2D eigenvalue weighted by Gasteiger charge is -2.28. The number of benzene rings is 1. The van der Waals surface area contributed by atoms with E-state index in [9.17, 15) is 4.79 Å². The second kappa shape index (κ2) is 7.57. The van der Waals surface area contributed by atoms with Gasteiger partial charge in [-0.05, 0) is 48.7 Å². The molecule has 2 heterocycles. The highest BCUT2D eigenvalue weighted by atomic mass is 16.2. The zero-order valence-electron chi connectivity index (χ0n) is 15.3. The number of hydrogen-bond donors (Lipinski definition) is 1. The van der Waals surface area contributed by atoms with Crippen molar-refractivity contribution in [1.29, 1.82) is 5.26 Å². The second-order valence-electron chi connectivity index (χ2n) is 6.91. The predicted molar refractivity (Wildman–Crippen MR) is 105 cm³/mol. The van der Waals surface area contributed by atoms with Gasteiger partial charge in [0.25, 0.3) is 0 Å². The molecule has 0 atom stereocenters. The van der Waals surface area contributed by atoms with Crippen molar-refractivity contribution in [3.05, 3.63) is 72.1 Å². The summed E-state index contributed by atoms with van der Waals surface area (Å²) < 4.78 is 0. The Morgan fingerprint density at radius 3 is 2.46 bits per heavy atom. The second-order valence-corrected chi connectivity index (χ2v) is 6.91. The summed E-state index contributed by atoms with van der Waals surface area (Å²) in [6.07, 6.45) is 6.86. The van der Waals surface area contributed by atoms with Crippen molar-refractivity contribution in [2.24, 2.45) is 0 Å². The molecule has 138 valence electrons. The minimum absolute atomic E-state index is 0.0691. The fourth-order valence-electron chi connectivity index (χ4n) is 3.77. The first kappa shape index (κ1) is 17.8. The summed E-state index contributed by atoms with van der Waals surface area (Å²) in [5.41, 5.74) is 1.60. The Kier molecular flexibility index (Phi) is 4.81. The smallest absolute Gasteiger partial charge is 0.236 e. The Hall–Kier alpha value is -3.59. The normalized spacial score (nSPS) is 15.0. The van der Waals surface area contributed by atoms with Gasteiger partial charge in [0.1, 0.15) is 11.5 Å². The van der Waals surface area contributed by atoms with E-state index >= 15 is 0 Å². The molecule has 1 amide bonds. The fraction of sp³-hybridized carbons (Fsp3) is 0.227. The van der Waals surface area contributed by atoms with Gasteiger partial charge in [-0.1, -0.05) is 31.0 Å². The highest BCUT2D eigenvalue weighted by Crippen LogP contribution is 2.42. The number of pyridine rings is 1. The van der Waals surface area contributed by atoms with Gasteiger partial charge in [0, 0.05) is 12.4 Å². The van der Waals surface area contributed by atoms with Gasteiger partial charge in [0.2, 0.25) is 5.91 Å². The van der Waals surface area contributed by atoms with Crippen LogP contribution >= 0.6 is 0 Å². The quantitative estimate of drug-likeness (QED) is 0.754. The number of rotatable bonds is 4. The molecule has 1 aliphatic carbocycles. The molecule has 1 N–H and O–H groups in total. The molecular formula is C22H19N5O. The van der Waals surface area contributed by atoms with Crippen LogP contribution in [0.1, 0.15) is 36.8 Å². The molecule has 1 fully saturated rings. The summed E-state index contributed by atoms with van der Waals surface area (Å²) in [6, 6.07) is 16.7. The summed E-state index contributed by atoms with van der Waals surface area (Å²) >= 11 is 0. The van der Waals surface area contributed by atoms with Gasteiger partial charge in [-0.2, -0.15) is 5.26 Å². The molecule has 3 aromatic rings. The van der Waals surface area contributed by atoms with Crippen LogP contribution in [-0.4, -0.2) is 20.9 Å². The lowest BCUT2D eigenvalue weighted by molar-refractivity contribution is -0.121. The Bertz CT molecular complexity index is 1020. The maximum Gasteiger partial charge on any atom is 0.236 e. The van der Waals surface area contributed by atoms with Gasteiger partial charge >= 0.3 is 0 Å². The van der Waals surface area contributed by atoms with Crippen LogP contribution in [0.25, 0.3) is 11.5 Å². The monoisotopic (exact) mass is 369 g/mol. The maximum atomic E-state index is 13.3. The van der Waals surface area contributed by atoms with Crippen molar-refractivity contribution in [2.45, 2.75) is 31.1 Å². The third-order valence-corrected chi connectivity index (χ3v) is 5.25. The molecule has 0 unspecified atom stereocenters. The summed E-state index contributed by atoms with van der Waals surface area (Å²) in [6.45, 7) is 0. The first-order valence-corrected chi connectivity index (χ1v) is 9.28. The number of nitrogens with zero attached hydrogens (tertiary/aromatic N) is 4. The van der Waals surface area contributed by atoms with E-state index in [0.717, 1.165) is 31.2 Å². The summed E-state index contributed by atoms with van der Waals surface area (Å²) in [4.78, 5) is 26.3. The zero-order chi connectivity index (χ0) is 19.4. The molecule has 28 heavy (non-hydrogen) atoms. The van der Waals surface area contributed by atoms with Gasteiger partial charge in [0.05, 0.1) is 17.0 Å². The average molecular weight is 369 g/mol. The molecule has 2 aromatic heterocycles. The number of hydrogen-bond acceptors (Lipinski definition) is 5. The predicted octanol–water partition coefficient (Wildman–Crippen LogP) is 3.86. The largest absolute Gasteiger partial charge is 0.310 e. The number of nitrogens with one attached hydrogen (secondary N) is 1. The maximum absolute atomic E-state index is 13.3. The Balaban J connectivity index is 1.61. The summed E-state index contributed by atoms with van der Waals surface area (Å²) in [7, 11) is 0. The lowest BCUT2D eigenvalue weighted by Crippen LogP contribution is -2.38. The minimum Gasteiger partial charge on any atom is -0.310 e. The van der Waals surface area contributed by atoms with Crippen LogP contribution in [0.15, 0.2) is 60.9 Å². The van der Waals surface area contributed by atoms with E-state index in [1.165, 1.54) is 0 Å². The molecule has 0 spiro atoms. The molecule has 1 aromatic carbocycles. The standard InChI is InChI=1S/C22H19N5O/c23-15-16-6-8-17(9-7-16)22(11-2-3-12-22)21(28)27-19-10-14-25-20(26-19)18-5-1-4-13-24-18/h1,4-10,13-14H,2-3,11-12H2,(H,25,26,27,28). The van der Waals surface area contributed by atoms with Gasteiger partial charge in [0.15, 0.2) is 5.82 Å². The highest BCUT2D eigenvalue weighted by Gasteiger charge is 2.42. The van der Waals surface area contributed by atoms with Gasteiger partial charge in [-0.15, -0.1) is 0 Å². The topological polar surface area (TPSA) is 91.6 Å². The molecule has 6 nitrogen and oxygen atoms in total. The van der Waals surface area contributed by atoms with Crippen LogP contribution < -0.4 is 5.32 Å². The van der Waals surface area contributed by atoms with Crippen molar-refractivity contribution in [1.82, 2.24) is 15.0 Å². The van der Waals surface area contributed by atoms with Gasteiger partial charge in [-0.3, -0.25) is 9.78 Å². The van der Waals surface area contributed by atoms with Crippen molar-refractivity contribution < 1.29 is 4.79 Å². The van der Waals surface area contributed by atoms with Crippen molar-refractivity contribution in [2.75, 3.05) is 5.32 Å². The van der Waals surface area contributed by atoms with E-state index in [-0.39, 0.29) is 5.91 Å². The Morgan fingerprint density at radius 2 is 1.79 bits per heavy atom. The number of carbonyl (C=O) groups is 1. The summed E-state index contributed by atoms with van der Waals surface area (Å²) in [5, 5.41) is 12.0. The molecule has 4 rings (SSSR count). The Morgan fingerprint density at radius 1 is 1.00 bits per heavy atom. The van der Waals surface area contributed by atoms with Crippen molar-refractivity contribution in [3.8, 4) is 17.6 Å². The van der Waals surface area contributed by atoms with Gasteiger partial charge < -0.3 is 5.32 Å². The minimum atomic E-state index is -0.593. The first-order valence-electron chi connectivity index (χ1n) is 9.28. The number of amides is 1. The van der Waals surface area contributed by atoms with E-state index in [4.69, 9.17) is 5.26 Å². The van der Waals surface area contributed by atoms with Crippen molar-refractivity contribution >= 4 is 11.7 Å². The van der Waals surface area contributed by atoms with Crippen LogP contribution in [0.2, 0.25) is 0 Å². The molecule has 0 saturated heterocycles. The average Bonchev–Trinajstić information content (AvgIpc) is 3.26. The summed E-state index contributed by atoms with van der Waals surface area (Å²) in [5.74, 6) is 0.859. The van der Waals surface area contributed by atoms with Gasteiger partial charge in [-0.25, -0.2) is 9.97 Å². The number of aromatic nitrogens is 3. The van der Waals surface area contributed by atoms with Crippen LogP contribution in [-0.2, 0) is 10.2 Å². The van der Waals surface area contributed by atoms with E-state index in [1.807, 2.05) is 30.3 Å². The SMILES string of the molecule is N#Cc1ccc(C2(C(=O)Nc3ccnc(-c4ccccn4)n3)CCCC2)cc1. The fourth-order valence-corrected chi connectivity index (χ4v) is 3.77. The third-order valence-electron chi connectivity index (χ3n) is 5.25. The van der Waals surface area contributed by atoms with Crippen molar-refractivity contribution in [3.63, 3.8) is 0 Å². The van der Waals surface area contributed by atoms with Crippen LogP contribution in [0.4, 0.5) is 5.82 Å². The molecular weight excluding hydrogens is 350 g/mol. The van der Waals surface area contributed by atoms with E-state index in [2.05, 4.69) is 26.3 Å². The first-order chi connectivity index (χ1) is 13.7. The van der Waals surface area contributed by atoms with Crippen LogP contribution in [0.3, 0.4) is 0 Å². The third kappa shape index (κ3) is 3.35. The van der Waals surface area contributed by atoms with E-state index in [1.54, 1.807) is 30.6 Å². The van der Waals surface area contributed by atoms with E-state index in [0.29, 0.717) is 22.9 Å². The number of nitriles is 1. The van der Waals surface area contributed by atoms with Crippen LogP contribution in [0.5, 0.6) is 0 Å². The lowest BCUT2D eigenvalue weighted by atomic mass is 9.77. The molecule has 0 bridgehead atoms. The zero-order valence-corrected chi connectivity index (χ0v) is 15.3. The van der Waals surface area contributed by atoms with E-state index < -0.39 is 5.41 Å². The number of carbonyl (C=O) groups excluding carboxylic acids is 1. The Labute approximate surface area is 163 Å². The molecule has 6 heteroatoms.